The molecule has 1 aliphatic rings. The molecule has 0 aromatic carbocycles. The summed E-state index contributed by atoms with van der Waals surface area (Å²) in [5.41, 5.74) is -0.349. The van der Waals surface area contributed by atoms with Crippen LogP contribution < -0.4 is 5.32 Å². The fourth-order valence-corrected chi connectivity index (χ4v) is 1.44. The Kier molecular flexibility index (Phi) is 3.26. The molecule has 1 aliphatic heterocycles. The van der Waals surface area contributed by atoms with Gasteiger partial charge in [-0.05, 0) is 48.5 Å². The summed E-state index contributed by atoms with van der Waals surface area (Å²) in [5, 5.41) is 3.39. The molecule has 0 aromatic rings. The molecule has 15 heavy (non-hydrogen) atoms. The first kappa shape index (κ1) is 13.0. The molecule has 1 rings (SSSR count). The Morgan fingerprint density at radius 1 is 1.00 bits per heavy atom. The molecule has 1 N–H and O–H groups in total. The smallest absolute Gasteiger partial charge is 0.402 e. The van der Waals surface area contributed by atoms with Crippen LogP contribution in [0.25, 0.3) is 0 Å². The van der Waals surface area contributed by atoms with Crippen molar-refractivity contribution in [3.63, 3.8) is 0 Å². The molecule has 0 aromatic heterocycles. The molecule has 3 nitrogen and oxygen atoms in total. The third-order valence-electron chi connectivity index (χ3n) is 3.10. The van der Waals surface area contributed by atoms with Crippen molar-refractivity contribution in [1.29, 1.82) is 0 Å². The lowest BCUT2D eigenvalue weighted by Gasteiger charge is -2.32. The molecule has 0 spiro atoms. The van der Waals surface area contributed by atoms with E-state index in [1.54, 1.807) is 0 Å². The van der Waals surface area contributed by atoms with E-state index in [1.165, 1.54) is 0 Å². The van der Waals surface area contributed by atoms with Crippen molar-refractivity contribution < 1.29 is 9.31 Å². The van der Waals surface area contributed by atoms with Crippen molar-refractivity contribution in [3.05, 3.63) is 0 Å². The van der Waals surface area contributed by atoms with Gasteiger partial charge in [-0.15, -0.1) is 0 Å². The summed E-state index contributed by atoms with van der Waals surface area (Å²) in [6.45, 7) is 14.7. The SMILES string of the molecule is CC(C)(C)NCB1OC(C)(C)C(C)(C)O1. The highest BCUT2D eigenvalue weighted by Gasteiger charge is 2.50. The zero-order valence-electron chi connectivity index (χ0n) is 11.1. The molecule has 0 atom stereocenters. The molecule has 0 amide bonds. The van der Waals surface area contributed by atoms with Gasteiger partial charge >= 0.3 is 7.12 Å². The maximum absolute atomic E-state index is 5.87. The third-order valence-corrected chi connectivity index (χ3v) is 3.10. The molecular weight excluding hydrogens is 189 g/mol. The number of hydrogen-bond acceptors (Lipinski definition) is 3. The second kappa shape index (κ2) is 3.76. The molecule has 0 aliphatic carbocycles. The van der Waals surface area contributed by atoms with Crippen LogP contribution in [0.2, 0.25) is 0 Å². The predicted molar refractivity (Wildman–Crippen MR) is 63.8 cm³/mol. The molecule has 0 bridgehead atoms. The summed E-state index contributed by atoms with van der Waals surface area (Å²) in [7, 11) is -0.144. The zero-order chi connectivity index (χ0) is 11.9. The Bertz CT molecular complexity index is 217. The van der Waals surface area contributed by atoms with Gasteiger partial charge in [0.2, 0.25) is 0 Å². The molecule has 4 heteroatoms. The highest BCUT2D eigenvalue weighted by molar-refractivity contribution is 6.45. The minimum atomic E-state index is -0.225. The Morgan fingerprint density at radius 3 is 1.73 bits per heavy atom. The fourth-order valence-electron chi connectivity index (χ4n) is 1.44. The minimum Gasteiger partial charge on any atom is -0.402 e. The van der Waals surface area contributed by atoms with Gasteiger partial charge in [0.1, 0.15) is 0 Å². The molecule has 1 fully saturated rings. The van der Waals surface area contributed by atoms with Crippen LogP contribution in [0.3, 0.4) is 0 Å². The Morgan fingerprint density at radius 2 is 1.40 bits per heavy atom. The normalized spacial score (nSPS) is 24.6. The summed E-state index contributed by atoms with van der Waals surface area (Å²) >= 11 is 0. The van der Waals surface area contributed by atoms with E-state index in [9.17, 15) is 0 Å². The third kappa shape index (κ3) is 3.20. The lowest BCUT2D eigenvalue weighted by atomic mass is 9.89. The maximum atomic E-state index is 5.87. The van der Waals surface area contributed by atoms with Gasteiger partial charge in [0, 0.05) is 12.0 Å². The first-order valence-corrected chi connectivity index (χ1v) is 5.64. The fraction of sp³-hybridized carbons (Fsp3) is 1.00. The molecule has 88 valence electrons. The first-order valence-electron chi connectivity index (χ1n) is 5.64. The Balaban J connectivity index is 2.50. The van der Waals surface area contributed by atoms with Gasteiger partial charge in [-0.25, -0.2) is 0 Å². The number of hydrogen-bond donors (Lipinski definition) is 1. The average Bonchev–Trinajstić information content (AvgIpc) is 2.16. The van der Waals surface area contributed by atoms with Gasteiger partial charge < -0.3 is 14.6 Å². The monoisotopic (exact) mass is 213 g/mol. The number of rotatable bonds is 2. The second-order valence-electron chi connectivity index (χ2n) is 6.32. The van der Waals surface area contributed by atoms with Crippen LogP contribution in [0, 0.1) is 0 Å². The second-order valence-corrected chi connectivity index (χ2v) is 6.32. The molecule has 1 heterocycles. The van der Waals surface area contributed by atoms with Crippen molar-refractivity contribution in [1.82, 2.24) is 5.32 Å². The molecular formula is C11H24BNO2. The summed E-state index contributed by atoms with van der Waals surface area (Å²) in [6, 6.07) is 0. The highest BCUT2D eigenvalue weighted by Crippen LogP contribution is 2.36. The molecule has 0 saturated carbocycles. The minimum absolute atomic E-state index is 0.101. The van der Waals surface area contributed by atoms with Crippen LogP contribution >= 0.6 is 0 Å². The Labute approximate surface area is 94.1 Å². The van der Waals surface area contributed by atoms with Gasteiger partial charge in [0.25, 0.3) is 0 Å². The lowest BCUT2D eigenvalue weighted by Crippen LogP contribution is -2.43. The van der Waals surface area contributed by atoms with Gasteiger partial charge in [-0.2, -0.15) is 0 Å². The van der Waals surface area contributed by atoms with E-state index in [0.717, 1.165) is 6.44 Å². The van der Waals surface area contributed by atoms with E-state index in [4.69, 9.17) is 9.31 Å². The molecule has 0 radical (unpaired) electrons. The maximum Gasteiger partial charge on any atom is 0.472 e. The van der Waals surface area contributed by atoms with Crippen LogP contribution in [0.15, 0.2) is 0 Å². The van der Waals surface area contributed by atoms with E-state index >= 15 is 0 Å². The van der Waals surface area contributed by atoms with Crippen LogP contribution in [-0.4, -0.2) is 30.3 Å². The van der Waals surface area contributed by atoms with Crippen molar-refractivity contribution in [3.8, 4) is 0 Å². The van der Waals surface area contributed by atoms with Crippen LogP contribution in [0.1, 0.15) is 48.5 Å². The van der Waals surface area contributed by atoms with E-state index in [1.807, 2.05) is 0 Å². The average molecular weight is 213 g/mol. The predicted octanol–water partition coefficient (Wildman–Crippen LogP) is 2.01. The largest absolute Gasteiger partial charge is 0.472 e. The van der Waals surface area contributed by atoms with Crippen LogP contribution in [-0.2, 0) is 9.31 Å². The van der Waals surface area contributed by atoms with Crippen LogP contribution in [0.5, 0.6) is 0 Å². The van der Waals surface area contributed by atoms with Crippen molar-refractivity contribution in [2.24, 2.45) is 0 Å². The topological polar surface area (TPSA) is 30.5 Å². The van der Waals surface area contributed by atoms with Crippen molar-refractivity contribution in [2.45, 2.75) is 65.2 Å². The Hall–Kier alpha value is -0.0551. The van der Waals surface area contributed by atoms with Crippen molar-refractivity contribution in [2.75, 3.05) is 6.44 Å². The van der Waals surface area contributed by atoms with Crippen LogP contribution in [0.4, 0.5) is 0 Å². The molecule has 1 saturated heterocycles. The lowest BCUT2D eigenvalue weighted by molar-refractivity contribution is 0.00578. The first-order chi connectivity index (χ1) is 6.54. The van der Waals surface area contributed by atoms with E-state index in [-0.39, 0.29) is 23.9 Å². The summed E-state index contributed by atoms with van der Waals surface area (Å²) in [4.78, 5) is 0. The van der Waals surface area contributed by atoms with Gasteiger partial charge in [0.05, 0.1) is 11.2 Å². The summed E-state index contributed by atoms with van der Waals surface area (Å²) in [5.74, 6) is 0. The standard InChI is InChI=1S/C11H24BNO2/c1-9(2,3)13-8-12-14-10(4,5)11(6,7)15-12/h13H,8H2,1-7H3. The summed E-state index contributed by atoms with van der Waals surface area (Å²) in [6.07, 6.45) is 0.732. The highest BCUT2D eigenvalue weighted by atomic mass is 16.7. The quantitative estimate of drug-likeness (QED) is 0.711. The van der Waals surface area contributed by atoms with E-state index < -0.39 is 0 Å². The van der Waals surface area contributed by atoms with Gasteiger partial charge in [-0.3, -0.25) is 0 Å². The van der Waals surface area contributed by atoms with Gasteiger partial charge in [-0.1, -0.05) is 0 Å². The van der Waals surface area contributed by atoms with Crippen molar-refractivity contribution >= 4 is 7.12 Å². The summed E-state index contributed by atoms with van der Waals surface area (Å²) < 4.78 is 11.7. The van der Waals surface area contributed by atoms with E-state index in [2.05, 4.69) is 53.8 Å². The number of nitrogens with one attached hydrogen (secondary N) is 1. The molecule has 0 unspecified atom stereocenters. The van der Waals surface area contributed by atoms with E-state index in [0.29, 0.717) is 0 Å². The zero-order valence-corrected chi connectivity index (χ0v) is 11.1. The van der Waals surface area contributed by atoms with Gasteiger partial charge in [0.15, 0.2) is 0 Å².